The predicted molar refractivity (Wildman–Crippen MR) is 60.7 cm³/mol. The molecule has 1 aromatic carbocycles. The molecule has 84 valence electrons. The zero-order valence-corrected chi connectivity index (χ0v) is 9.62. The Labute approximate surface area is 95.6 Å². The number of methoxy groups -OCH3 is 2. The Kier molecular flexibility index (Phi) is 2.74. The normalized spacial score (nSPS) is 17.1. The van der Waals surface area contributed by atoms with Gasteiger partial charge in [0, 0.05) is 11.6 Å². The highest BCUT2D eigenvalue weighted by Crippen LogP contribution is 2.47. The Morgan fingerprint density at radius 1 is 1.25 bits per heavy atom. The Hall–Kier alpha value is -1.69. The molecule has 0 radical (unpaired) electrons. The summed E-state index contributed by atoms with van der Waals surface area (Å²) in [6, 6.07) is 8.09. The zero-order chi connectivity index (χ0) is 11.6. The van der Waals surface area contributed by atoms with E-state index in [2.05, 4.69) is 6.07 Å². The summed E-state index contributed by atoms with van der Waals surface area (Å²) in [6.07, 6.45) is 2.96. The van der Waals surface area contributed by atoms with Crippen LogP contribution in [0.2, 0.25) is 0 Å². The Balaban J connectivity index is 2.45. The summed E-state index contributed by atoms with van der Waals surface area (Å²) in [5.74, 6) is 1.51. The van der Waals surface area contributed by atoms with Gasteiger partial charge in [-0.25, -0.2) is 0 Å². The number of hydrogen-bond acceptors (Lipinski definition) is 3. The van der Waals surface area contributed by atoms with Gasteiger partial charge in [0.1, 0.15) is 11.5 Å². The lowest BCUT2D eigenvalue weighted by Gasteiger charge is -2.36. The van der Waals surface area contributed by atoms with Crippen LogP contribution in [0, 0.1) is 11.3 Å². The van der Waals surface area contributed by atoms with Crippen molar-refractivity contribution in [1.29, 1.82) is 5.26 Å². The molecule has 3 heteroatoms. The van der Waals surface area contributed by atoms with Gasteiger partial charge in [-0.3, -0.25) is 0 Å². The summed E-state index contributed by atoms with van der Waals surface area (Å²) in [5.41, 5.74) is 0.655. The standard InChI is InChI=1S/C13H15NO2/c1-15-10-4-5-11(12(8-10)16-2)13(9-14)6-3-7-13/h4-5,8H,3,6-7H2,1-2H3. The van der Waals surface area contributed by atoms with Crippen molar-refractivity contribution in [2.24, 2.45) is 0 Å². The first kappa shape index (κ1) is 10.8. The van der Waals surface area contributed by atoms with Crippen LogP contribution in [0.3, 0.4) is 0 Å². The maximum Gasteiger partial charge on any atom is 0.127 e. The topological polar surface area (TPSA) is 42.2 Å². The van der Waals surface area contributed by atoms with Crippen LogP contribution in [0.5, 0.6) is 11.5 Å². The lowest BCUT2D eigenvalue weighted by molar-refractivity contribution is 0.305. The first-order valence-electron chi connectivity index (χ1n) is 5.39. The van der Waals surface area contributed by atoms with Crippen LogP contribution >= 0.6 is 0 Å². The second kappa shape index (κ2) is 4.05. The van der Waals surface area contributed by atoms with E-state index in [0.29, 0.717) is 0 Å². The van der Waals surface area contributed by atoms with Gasteiger partial charge in [0.15, 0.2) is 0 Å². The van der Waals surface area contributed by atoms with Gasteiger partial charge in [-0.1, -0.05) is 6.07 Å². The van der Waals surface area contributed by atoms with Gasteiger partial charge in [-0.2, -0.15) is 5.26 Å². The maximum atomic E-state index is 9.30. The van der Waals surface area contributed by atoms with E-state index in [0.717, 1.165) is 36.3 Å². The molecule has 0 atom stereocenters. The van der Waals surface area contributed by atoms with Crippen LogP contribution < -0.4 is 9.47 Å². The predicted octanol–water partition coefficient (Wildman–Crippen LogP) is 2.65. The van der Waals surface area contributed by atoms with Crippen molar-refractivity contribution in [3.8, 4) is 17.6 Å². The third-order valence-corrected chi connectivity index (χ3v) is 3.35. The summed E-state index contributed by atoms with van der Waals surface area (Å²) < 4.78 is 10.5. The van der Waals surface area contributed by atoms with E-state index in [1.807, 2.05) is 18.2 Å². The van der Waals surface area contributed by atoms with E-state index in [1.165, 1.54) is 0 Å². The van der Waals surface area contributed by atoms with Crippen LogP contribution in [0.15, 0.2) is 18.2 Å². The number of nitriles is 1. The highest BCUT2D eigenvalue weighted by atomic mass is 16.5. The quantitative estimate of drug-likeness (QED) is 0.781. The molecule has 1 aliphatic rings. The molecule has 16 heavy (non-hydrogen) atoms. The molecule has 1 aliphatic carbocycles. The van der Waals surface area contributed by atoms with Crippen LogP contribution in [0.25, 0.3) is 0 Å². The molecule has 0 saturated heterocycles. The summed E-state index contributed by atoms with van der Waals surface area (Å²) in [6.45, 7) is 0. The minimum Gasteiger partial charge on any atom is -0.497 e. The molecule has 0 heterocycles. The lowest BCUT2D eigenvalue weighted by atomic mass is 9.65. The van der Waals surface area contributed by atoms with E-state index in [4.69, 9.17) is 9.47 Å². The minimum atomic E-state index is -0.336. The summed E-state index contributed by atoms with van der Waals surface area (Å²) in [4.78, 5) is 0. The highest BCUT2D eigenvalue weighted by Gasteiger charge is 2.41. The third-order valence-electron chi connectivity index (χ3n) is 3.35. The van der Waals surface area contributed by atoms with Crippen LogP contribution in [-0.2, 0) is 5.41 Å². The molecule has 0 amide bonds. The van der Waals surface area contributed by atoms with Crippen molar-refractivity contribution in [2.75, 3.05) is 14.2 Å². The number of benzene rings is 1. The van der Waals surface area contributed by atoms with Gasteiger partial charge in [0.2, 0.25) is 0 Å². The van der Waals surface area contributed by atoms with Gasteiger partial charge < -0.3 is 9.47 Å². The van der Waals surface area contributed by atoms with Gasteiger partial charge in [-0.05, 0) is 25.3 Å². The van der Waals surface area contributed by atoms with Crippen molar-refractivity contribution in [1.82, 2.24) is 0 Å². The van der Waals surface area contributed by atoms with Crippen molar-refractivity contribution in [3.05, 3.63) is 23.8 Å². The Bertz CT molecular complexity index is 430. The van der Waals surface area contributed by atoms with E-state index in [1.54, 1.807) is 14.2 Å². The first-order valence-corrected chi connectivity index (χ1v) is 5.39. The van der Waals surface area contributed by atoms with Gasteiger partial charge in [-0.15, -0.1) is 0 Å². The SMILES string of the molecule is COc1ccc(C2(C#N)CCC2)c(OC)c1. The second-order valence-corrected chi connectivity index (χ2v) is 4.11. The number of hydrogen-bond donors (Lipinski definition) is 0. The van der Waals surface area contributed by atoms with Crippen LogP contribution in [0.4, 0.5) is 0 Å². The van der Waals surface area contributed by atoms with Gasteiger partial charge >= 0.3 is 0 Å². The van der Waals surface area contributed by atoms with Crippen molar-refractivity contribution >= 4 is 0 Å². The fraction of sp³-hybridized carbons (Fsp3) is 0.462. The number of nitrogens with zero attached hydrogens (tertiary/aromatic N) is 1. The third kappa shape index (κ3) is 1.51. The molecular formula is C13H15NO2. The van der Waals surface area contributed by atoms with E-state index < -0.39 is 0 Å². The summed E-state index contributed by atoms with van der Waals surface area (Å²) in [7, 11) is 3.25. The minimum absolute atomic E-state index is 0.336. The first-order chi connectivity index (χ1) is 7.75. The monoisotopic (exact) mass is 217 g/mol. The molecule has 0 spiro atoms. The fourth-order valence-electron chi connectivity index (χ4n) is 2.17. The number of rotatable bonds is 3. The van der Waals surface area contributed by atoms with Crippen LogP contribution in [0.1, 0.15) is 24.8 Å². The Morgan fingerprint density at radius 2 is 2.00 bits per heavy atom. The van der Waals surface area contributed by atoms with E-state index in [-0.39, 0.29) is 5.41 Å². The average Bonchev–Trinajstić information content (AvgIpc) is 2.28. The largest absolute Gasteiger partial charge is 0.497 e. The molecule has 0 aliphatic heterocycles. The van der Waals surface area contributed by atoms with Crippen LogP contribution in [-0.4, -0.2) is 14.2 Å². The maximum absolute atomic E-state index is 9.30. The number of ether oxygens (including phenoxy) is 2. The lowest BCUT2D eigenvalue weighted by Crippen LogP contribution is -2.32. The average molecular weight is 217 g/mol. The fourth-order valence-corrected chi connectivity index (χ4v) is 2.17. The summed E-state index contributed by atoms with van der Waals surface area (Å²) >= 11 is 0. The molecule has 0 aromatic heterocycles. The summed E-state index contributed by atoms with van der Waals surface area (Å²) in [5, 5.41) is 9.30. The van der Waals surface area contributed by atoms with Crippen molar-refractivity contribution in [3.63, 3.8) is 0 Å². The van der Waals surface area contributed by atoms with Gasteiger partial charge in [0.05, 0.1) is 25.7 Å². The van der Waals surface area contributed by atoms with Gasteiger partial charge in [0.25, 0.3) is 0 Å². The smallest absolute Gasteiger partial charge is 0.127 e. The molecule has 3 nitrogen and oxygen atoms in total. The second-order valence-electron chi connectivity index (χ2n) is 4.11. The molecule has 2 rings (SSSR count). The van der Waals surface area contributed by atoms with Crippen molar-refractivity contribution < 1.29 is 9.47 Å². The molecule has 0 N–H and O–H groups in total. The molecule has 0 unspecified atom stereocenters. The molecule has 1 fully saturated rings. The highest BCUT2D eigenvalue weighted by molar-refractivity contribution is 5.49. The molecular weight excluding hydrogens is 202 g/mol. The van der Waals surface area contributed by atoms with Crippen molar-refractivity contribution in [2.45, 2.75) is 24.7 Å². The zero-order valence-electron chi connectivity index (χ0n) is 9.62. The van der Waals surface area contributed by atoms with E-state index >= 15 is 0 Å². The Morgan fingerprint density at radius 3 is 2.44 bits per heavy atom. The molecule has 0 bridgehead atoms. The molecule has 1 saturated carbocycles. The van der Waals surface area contributed by atoms with E-state index in [9.17, 15) is 5.26 Å². The molecule has 1 aromatic rings.